The lowest BCUT2D eigenvalue weighted by molar-refractivity contribution is 0.324. The quantitative estimate of drug-likeness (QED) is 0.505. The van der Waals surface area contributed by atoms with Gasteiger partial charge >= 0.3 is 0 Å². The summed E-state index contributed by atoms with van der Waals surface area (Å²) in [6.07, 6.45) is 0. The highest BCUT2D eigenvalue weighted by molar-refractivity contribution is 7.98. The van der Waals surface area contributed by atoms with Crippen LogP contribution in [-0.4, -0.2) is 37.2 Å². The van der Waals surface area contributed by atoms with Crippen LogP contribution in [0.4, 0.5) is 0 Å². The molecular formula is C14H18O4S. The van der Waals surface area contributed by atoms with Crippen molar-refractivity contribution in [2.24, 2.45) is 0 Å². The highest BCUT2D eigenvalue weighted by Crippen LogP contribution is 2.37. The van der Waals surface area contributed by atoms with Crippen LogP contribution in [0.1, 0.15) is 12.5 Å². The summed E-state index contributed by atoms with van der Waals surface area (Å²) in [6, 6.07) is 3.58. The SMILES string of the molecule is COc1cc(C#CC[SH]=C(C)O)cc(OC)c1OC. The summed E-state index contributed by atoms with van der Waals surface area (Å²) in [4.78, 5) is 0. The van der Waals surface area contributed by atoms with Crippen LogP contribution < -0.4 is 14.2 Å². The second-order valence-corrected chi connectivity index (χ2v) is 4.86. The van der Waals surface area contributed by atoms with E-state index in [1.165, 1.54) is 0 Å². The van der Waals surface area contributed by atoms with Crippen molar-refractivity contribution < 1.29 is 19.3 Å². The smallest absolute Gasteiger partial charge is 0.203 e. The van der Waals surface area contributed by atoms with Gasteiger partial charge in [-0.05, 0) is 19.1 Å². The summed E-state index contributed by atoms with van der Waals surface area (Å²) in [7, 11) is 4.69. The van der Waals surface area contributed by atoms with E-state index in [9.17, 15) is 0 Å². The maximum atomic E-state index is 9.06. The maximum absolute atomic E-state index is 9.06. The molecular weight excluding hydrogens is 264 g/mol. The van der Waals surface area contributed by atoms with Crippen molar-refractivity contribution in [1.82, 2.24) is 0 Å². The molecule has 0 unspecified atom stereocenters. The van der Waals surface area contributed by atoms with Gasteiger partial charge < -0.3 is 19.3 Å². The minimum absolute atomic E-state index is 0.360. The molecule has 0 fully saturated rings. The molecule has 0 saturated carbocycles. The molecule has 0 aliphatic heterocycles. The number of methoxy groups -OCH3 is 3. The molecule has 4 nitrogen and oxygen atoms in total. The predicted molar refractivity (Wildman–Crippen MR) is 80.1 cm³/mol. The van der Waals surface area contributed by atoms with E-state index in [0.29, 0.717) is 28.1 Å². The number of rotatable bonds is 4. The molecule has 0 radical (unpaired) electrons. The molecule has 0 spiro atoms. The third-order valence-corrected chi connectivity index (χ3v) is 3.06. The Balaban J connectivity index is 3.06. The Kier molecular flexibility index (Phi) is 6.26. The summed E-state index contributed by atoms with van der Waals surface area (Å²) in [5, 5.41) is 9.42. The summed E-state index contributed by atoms with van der Waals surface area (Å²) >= 11 is 0.817. The first kappa shape index (κ1) is 15.4. The Labute approximate surface area is 117 Å². The van der Waals surface area contributed by atoms with Gasteiger partial charge in [-0.3, -0.25) is 0 Å². The molecule has 0 bridgehead atoms. The van der Waals surface area contributed by atoms with Crippen molar-refractivity contribution in [3.05, 3.63) is 17.7 Å². The van der Waals surface area contributed by atoms with Crippen LogP contribution in [0.3, 0.4) is 0 Å². The predicted octanol–water partition coefficient (Wildman–Crippen LogP) is 2.24. The van der Waals surface area contributed by atoms with Crippen molar-refractivity contribution in [2.45, 2.75) is 6.92 Å². The van der Waals surface area contributed by atoms with Crippen molar-refractivity contribution >= 4 is 16.4 Å². The van der Waals surface area contributed by atoms with Gasteiger partial charge in [0.2, 0.25) is 5.75 Å². The zero-order valence-electron chi connectivity index (χ0n) is 11.5. The molecule has 104 valence electrons. The summed E-state index contributed by atoms with van der Waals surface area (Å²) in [6.45, 7) is 1.66. The number of hydrogen-bond acceptors (Lipinski definition) is 3. The summed E-state index contributed by atoms with van der Waals surface area (Å²) in [5.41, 5.74) is 0.778. The van der Waals surface area contributed by atoms with Gasteiger partial charge in [0.05, 0.1) is 26.4 Å². The second kappa shape index (κ2) is 7.72. The molecule has 0 aliphatic rings. The molecule has 0 amide bonds. The van der Waals surface area contributed by atoms with Gasteiger partial charge in [-0.15, -0.1) is 0 Å². The lowest BCUT2D eigenvalue weighted by atomic mass is 10.2. The number of aliphatic hydroxyl groups excluding tert-OH is 1. The van der Waals surface area contributed by atoms with E-state index < -0.39 is 0 Å². The van der Waals surface area contributed by atoms with E-state index in [-0.39, 0.29) is 0 Å². The van der Waals surface area contributed by atoms with Crippen LogP contribution in [0.2, 0.25) is 0 Å². The molecule has 0 atom stereocenters. The molecule has 0 aromatic heterocycles. The maximum Gasteiger partial charge on any atom is 0.203 e. The van der Waals surface area contributed by atoms with Crippen molar-refractivity contribution in [3.63, 3.8) is 0 Å². The van der Waals surface area contributed by atoms with Crippen LogP contribution in [0.15, 0.2) is 12.1 Å². The standard InChI is InChI=1S/C14H18O4S/c1-10(15)19-7-5-6-11-8-12(16-2)14(18-4)13(9-11)17-3/h8-9,15,19H,7H2,1-4H3. The van der Waals surface area contributed by atoms with Crippen LogP contribution >= 0.6 is 11.4 Å². The fourth-order valence-corrected chi connectivity index (χ4v) is 1.84. The molecule has 1 rings (SSSR count). The van der Waals surface area contributed by atoms with Gasteiger partial charge in [0.25, 0.3) is 0 Å². The van der Waals surface area contributed by atoms with Crippen LogP contribution in [0.25, 0.3) is 0 Å². The lowest BCUT2D eigenvalue weighted by Crippen LogP contribution is -1.95. The lowest BCUT2D eigenvalue weighted by Gasteiger charge is -2.12. The van der Waals surface area contributed by atoms with Crippen molar-refractivity contribution in [1.29, 1.82) is 0 Å². The topological polar surface area (TPSA) is 47.9 Å². The number of aliphatic hydroxyl groups is 1. The third kappa shape index (κ3) is 4.51. The third-order valence-electron chi connectivity index (χ3n) is 2.28. The molecule has 0 heterocycles. The van der Waals surface area contributed by atoms with Gasteiger partial charge in [-0.2, -0.15) is 11.4 Å². The fraction of sp³-hybridized carbons (Fsp3) is 0.357. The molecule has 5 heteroatoms. The molecule has 1 aromatic rings. The monoisotopic (exact) mass is 282 g/mol. The summed E-state index contributed by atoms with van der Waals surface area (Å²) in [5.74, 6) is 8.27. The Morgan fingerprint density at radius 1 is 1.16 bits per heavy atom. The minimum atomic E-state index is 0.360. The number of thiol groups is 1. The number of ether oxygens (including phenoxy) is 3. The Hall–Kier alpha value is -1.64. The Bertz CT molecular complexity index is 497. The average Bonchev–Trinajstić information content (AvgIpc) is 2.42. The molecule has 1 N–H and O–H groups in total. The normalized spacial score (nSPS) is 10.9. The second-order valence-electron chi connectivity index (χ2n) is 3.58. The first-order valence-corrected chi connectivity index (χ1v) is 6.69. The van der Waals surface area contributed by atoms with Gasteiger partial charge in [-0.25, -0.2) is 0 Å². The molecule has 0 saturated heterocycles. The van der Waals surface area contributed by atoms with Crippen LogP contribution in [0, 0.1) is 11.8 Å². The van der Waals surface area contributed by atoms with Crippen molar-refractivity contribution in [2.75, 3.05) is 27.1 Å². The summed E-state index contributed by atoms with van der Waals surface area (Å²) < 4.78 is 15.7. The largest absolute Gasteiger partial charge is 0.493 e. The molecule has 1 aromatic carbocycles. The minimum Gasteiger partial charge on any atom is -0.493 e. The van der Waals surface area contributed by atoms with Crippen molar-refractivity contribution in [3.8, 4) is 29.1 Å². The Morgan fingerprint density at radius 3 is 2.16 bits per heavy atom. The Morgan fingerprint density at radius 2 is 1.74 bits per heavy atom. The first-order valence-electron chi connectivity index (χ1n) is 5.61. The number of hydrogen-bond donors (Lipinski definition) is 2. The van der Waals surface area contributed by atoms with Crippen LogP contribution in [-0.2, 0) is 0 Å². The number of benzene rings is 1. The van der Waals surface area contributed by atoms with E-state index in [4.69, 9.17) is 19.3 Å². The highest BCUT2D eigenvalue weighted by Gasteiger charge is 2.11. The molecule has 0 aliphatic carbocycles. The van der Waals surface area contributed by atoms with Gasteiger partial charge in [0.1, 0.15) is 0 Å². The van der Waals surface area contributed by atoms with Gasteiger partial charge in [-0.1, -0.05) is 11.8 Å². The van der Waals surface area contributed by atoms with E-state index in [1.807, 2.05) is 0 Å². The molecule has 19 heavy (non-hydrogen) atoms. The van der Waals surface area contributed by atoms with E-state index in [0.717, 1.165) is 16.9 Å². The zero-order chi connectivity index (χ0) is 14.3. The average molecular weight is 282 g/mol. The van der Waals surface area contributed by atoms with E-state index in [1.54, 1.807) is 40.4 Å². The highest BCUT2D eigenvalue weighted by atomic mass is 32.1. The van der Waals surface area contributed by atoms with Gasteiger partial charge in [0.15, 0.2) is 11.5 Å². The first-order chi connectivity index (χ1) is 9.12. The zero-order valence-corrected chi connectivity index (χ0v) is 12.4. The van der Waals surface area contributed by atoms with E-state index in [2.05, 4.69) is 11.8 Å². The van der Waals surface area contributed by atoms with Crippen LogP contribution in [0.5, 0.6) is 17.2 Å². The fourth-order valence-electron chi connectivity index (χ4n) is 1.45. The van der Waals surface area contributed by atoms with E-state index >= 15 is 0 Å². The van der Waals surface area contributed by atoms with Gasteiger partial charge in [0, 0.05) is 11.3 Å².